The Bertz CT molecular complexity index is 185. The van der Waals surface area contributed by atoms with Gasteiger partial charge in [0.2, 0.25) is 0 Å². The molecule has 2 rings (SSSR count). The Morgan fingerprint density at radius 3 is 2.21 bits per heavy atom. The SMILES string of the molecule is CC1CC(C)CC(N2CCC(O)C2)C1. The van der Waals surface area contributed by atoms with Gasteiger partial charge in [0.1, 0.15) is 0 Å². The topological polar surface area (TPSA) is 23.5 Å². The largest absolute Gasteiger partial charge is 0.392 e. The van der Waals surface area contributed by atoms with E-state index in [2.05, 4.69) is 18.7 Å². The molecule has 1 N–H and O–H groups in total. The minimum absolute atomic E-state index is 0.0532. The van der Waals surface area contributed by atoms with Crippen LogP contribution in [0.1, 0.15) is 39.5 Å². The molecule has 0 radical (unpaired) electrons. The molecule has 2 fully saturated rings. The Morgan fingerprint density at radius 1 is 1.07 bits per heavy atom. The van der Waals surface area contributed by atoms with E-state index in [0.29, 0.717) is 0 Å². The van der Waals surface area contributed by atoms with E-state index in [1.165, 1.54) is 19.3 Å². The fraction of sp³-hybridized carbons (Fsp3) is 1.00. The van der Waals surface area contributed by atoms with Crippen LogP contribution in [0.5, 0.6) is 0 Å². The van der Waals surface area contributed by atoms with Crippen molar-refractivity contribution in [3.63, 3.8) is 0 Å². The van der Waals surface area contributed by atoms with E-state index in [-0.39, 0.29) is 6.10 Å². The summed E-state index contributed by atoms with van der Waals surface area (Å²) in [6, 6.07) is 0.755. The van der Waals surface area contributed by atoms with Gasteiger partial charge in [-0.25, -0.2) is 0 Å². The van der Waals surface area contributed by atoms with Gasteiger partial charge in [0.25, 0.3) is 0 Å². The average Bonchev–Trinajstić information content (AvgIpc) is 2.50. The second kappa shape index (κ2) is 4.19. The molecule has 2 heteroatoms. The molecule has 0 amide bonds. The van der Waals surface area contributed by atoms with Crippen molar-refractivity contribution in [1.82, 2.24) is 4.90 Å². The summed E-state index contributed by atoms with van der Waals surface area (Å²) in [7, 11) is 0. The molecule has 1 saturated heterocycles. The molecule has 2 nitrogen and oxygen atoms in total. The maximum absolute atomic E-state index is 9.52. The Hall–Kier alpha value is -0.0800. The average molecular weight is 197 g/mol. The minimum Gasteiger partial charge on any atom is -0.392 e. The molecule has 1 heterocycles. The van der Waals surface area contributed by atoms with Crippen molar-refractivity contribution < 1.29 is 5.11 Å². The predicted molar refractivity (Wildman–Crippen MR) is 58.2 cm³/mol. The van der Waals surface area contributed by atoms with Crippen LogP contribution in [0.2, 0.25) is 0 Å². The van der Waals surface area contributed by atoms with Crippen molar-refractivity contribution in [3.8, 4) is 0 Å². The van der Waals surface area contributed by atoms with Crippen molar-refractivity contribution in [2.75, 3.05) is 13.1 Å². The van der Waals surface area contributed by atoms with E-state index in [9.17, 15) is 5.11 Å². The number of β-amino-alcohol motifs (C(OH)–C–C–N with tert-alkyl or cyclic N) is 1. The van der Waals surface area contributed by atoms with Gasteiger partial charge in [-0.15, -0.1) is 0 Å². The summed E-state index contributed by atoms with van der Waals surface area (Å²) in [5.74, 6) is 1.75. The Kier molecular flexibility index (Phi) is 3.13. The molecule has 3 atom stereocenters. The zero-order valence-corrected chi connectivity index (χ0v) is 9.45. The number of likely N-dealkylation sites (tertiary alicyclic amines) is 1. The number of nitrogens with zero attached hydrogens (tertiary/aromatic N) is 1. The zero-order valence-electron chi connectivity index (χ0n) is 9.45. The highest BCUT2D eigenvalue weighted by atomic mass is 16.3. The van der Waals surface area contributed by atoms with Gasteiger partial charge >= 0.3 is 0 Å². The lowest BCUT2D eigenvalue weighted by Gasteiger charge is -2.37. The highest BCUT2D eigenvalue weighted by Crippen LogP contribution is 2.32. The summed E-state index contributed by atoms with van der Waals surface area (Å²) in [5, 5.41) is 9.52. The first-order valence-electron chi connectivity index (χ1n) is 6.07. The standard InChI is InChI=1S/C12H23NO/c1-9-5-10(2)7-11(6-9)13-4-3-12(14)8-13/h9-12,14H,3-8H2,1-2H3. The maximum atomic E-state index is 9.52. The first kappa shape index (κ1) is 10.4. The molecular weight excluding hydrogens is 174 g/mol. The van der Waals surface area contributed by atoms with E-state index in [0.717, 1.165) is 37.4 Å². The fourth-order valence-electron chi connectivity index (χ4n) is 3.30. The smallest absolute Gasteiger partial charge is 0.0679 e. The maximum Gasteiger partial charge on any atom is 0.0679 e. The van der Waals surface area contributed by atoms with E-state index in [1.54, 1.807) is 0 Å². The summed E-state index contributed by atoms with van der Waals surface area (Å²) in [6.45, 7) is 6.78. The van der Waals surface area contributed by atoms with Crippen LogP contribution in [-0.2, 0) is 0 Å². The molecule has 1 saturated carbocycles. The first-order valence-corrected chi connectivity index (χ1v) is 6.07. The van der Waals surface area contributed by atoms with Crippen LogP contribution < -0.4 is 0 Å². The Balaban J connectivity index is 1.90. The lowest BCUT2D eigenvalue weighted by atomic mass is 9.80. The van der Waals surface area contributed by atoms with E-state index in [1.807, 2.05) is 0 Å². The molecule has 0 aromatic heterocycles. The monoisotopic (exact) mass is 197 g/mol. The third-order valence-corrected chi connectivity index (χ3v) is 3.86. The van der Waals surface area contributed by atoms with Crippen LogP contribution >= 0.6 is 0 Å². The second-order valence-corrected chi connectivity index (χ2v) is 5.51. The van der Waals surface area contributed by atoms with Gasteiger partial charge in [-0.1, -0.05) is 13.8 Å². The third kappa shape index (κ3) is 2.29. The normalized spacial score (nSPS) is 45.6. The summed E-state index contributed by atoms with van der Waals surface area (Å²) >= 11 is 0. The third-order valence-electron chi connectivity index (χ3n) is 3.86. The van der Waals surface area contributed by atoms with Gasteiger partial charge in [0.15, 0.2) is 0 Å². The quantitative estimate of drug-likeness (QED) is 0.694. The molecule has 0 aromatic rings. The molecule has 14 heavy (non-hydrogen) atoms. The summed E-state index contributed by atoms with van der Waals surface area (Å²) in [6.07, 6.45) is 5.02. The fourth-order valence-corrected chi connectivity index (χ4v) is 3.30. The lowest BCUT2D eigenvalue weighted by molar-refractivity contribution is 0.110. The van der Waals surface area contributed by atoms with Crippen molar-refractivity contribution in [2.24, 2.45) is 11.8 Å². The van der Waals surface area contributed by atoms with Crippen LogP contribution in [0, 0.1) is 11.8 Å². The van der Waals surface area contributed by atoms with Crippen molar-refractivity contribution in [2.45, 2.75) is 51.7 Å². The van der Waals surface area contributed by atoms with Gasteiger partial charge in [-0.2, -0.15) is 0 Å². The van der Waals surface area contributed by atoms with E-state index >= 15 is 0 Å². The van der Waals surface area contributed by atoms with Crippen LogP contribution in [0.25, 0.3) is 0 Å². The minimum atomic E-state index is -0.0532. The van der Waals surface area contributed by atoms with Crippen molar-refractivity contribution >= 4 is 0 Å². The van der Waals surface area contributed by atoms with Gasteiger partial charge in [0, 0.05) is 19.1 Å². The number of aliphatic hydroxyl groups is 1. The number of hydrogen-bond acceptors (Lipinski definition) is 2. The lowest BCUT2D eigenvalue weighted by Crippen LogP contribution is -2.39. The van der Waals surface area contributed by atoms with Crippen LogP contribution in [0.3, 0.4) is 0 Å². The van der Waals surface area contributed by atoms with Crippen molar-refractivity contribution in [3.05, 3.63) is 0 Å². The van der Waals surface area contributed by atoms with Gasteiger partial charge in [-0.05, 0) is 37.5 Å². The molecule has 3 unspecified atom stereocenters. The summed E-state index contributed by atoms with van der Waals surface area (Å²) < 4.78 is 0. The first-order chi connectivity index (χ1) is 6.65. The second-order valence-electron chi connectivity index (χ2n) is 5.51. The van der Waals surface area contributed by atoms with Crippen LogP contribution in [0.4, 0.5) is 0 Å². The molecule has 1 aliphatic carbocycles. The number of rotatable bonds is 1. The van der Waals surface area contributed by atoms with Gasteiger partial charge < -0.3 is 5.11 Å². The molecule has 82 valence electrons. The number of aliphatic hydroxyl groups excluding tert-OH is 1. The highest BCUT2D eigenvalue weighted by molar-refractivity contribution is 4.86. The number of hydrogen-bond donors (Lipinski definition) is 1. The Morgan fingerprint density at radius 2 is 1.71 bits per heavy atom. The highest BCUT2D eigenvalue weighted by Gasteiger charge is 2.32. The molecule has 0 bridgehead atoms. The Labute approximate surface area is 87.3 Å². The van der Waals surface area contributed by atoms with Crippen LogP contribution in [-0.4, -0.2) is 35.2 Å². The van der Waals surface area contributed by atoms with Crippen molar-refractivity contribution in [1.29, 1.82) is 0 Å². The molecule has 1 aliphatic heterocycles. The van der Waals surface area contributed by atoms with E-state index < -0.39 is 0 Å². The van der Waals surface area contributed by atoms with Gasteiger partial charge in [0.05, 0.1) is 6.10 Å². The zero-order chi connectivity index (χ0) is 10.1. The molecule has 2 aliphatic rings. The molecule has 0 aromatic carbocycles. The molecular formula is C12H23NO. The summed E-state index contributed by atoms with van der Waals surface area (Å²) in [5.41, 5.74) is 0. The predicted octanol–water partition coefficient (Wildman–Crippen LogP) is 1.88. The van der Waals surface area contributed by atoms with Crippen LogP contribution in [0.15, 0.2) is 0 Å². The summed E-state index contributed by atoms with van der Waals surface area (Å²) in [4.78, 5) is 2.51. The molecule has 0 spiro atoms. The van der Waals surface area contributed by atoms with E-state index in [4.69, 9.17) is 0 Å². The van der Waals surface area contributed by atoms with Gasteiger partial charge in [-0.3, -0.25) is 4.90 Å².